The van der Waals surface area contributed by atoms with Gasteiger partial charge >= 0.3 is 5.97 Å². The summed E-state index contributed by atoms with van der Waals surface area (Å²) in [6, 6.07) is 13.4. The molecule has 0 fully saturated rings. The first-order valence-corrected chi connectivity index (χ1v) is 6.95. The number of carbonyl (C=O) groups excluding carboxylic acids is 1. The molecule has 116 valence electrons. The lowest BCUT2D eigenvalue weighted by molar-refractivity contribution is 0.0427. The van der Waals surface area contributed by atoms with Crippen LogP contribution in [0, 0.1) is 6.92 Å². The van der Waals surface area contributed by atoms with Gasteiger partial charge < -0.3 is 9.57 Å². The van der Waals surface area contributed by atoms with Crippen LogP contribution in [0.5, 0.6) is 5.75 Å². The fraction of sp³-hybridized carbons (Fsp3) is 0.118. The highest BCUT2D eigenvalue weighted by atomic mass is 16.7. The van der Waals surface area contributed by atoms with Crippen LogP contribution in [0.3, 0.4) is 0 Å². The first-order valence-electron chi connectivity index (χ1n) is 6.95. The summed E-state index contributed by atoms with van der Waals surface area (Å²) in [5.41, 5.74) is 0.414. The summed E-state index contributed by atoms with van der Waals surface area (Å²) in [5.74, 6) is 0.163. The van der Waals surface area contributed by atoms with Gasteiger partial charge in [-0.2, -0.15) is 0 Å². The molecular weight excluding hydrogens is 296 g/mol. The number of hydrogen-bond donors (Lipinski definition) is 0. The monoisotopic (exact) mass is 310 g/mol. The van der Waals surface area contributed by atoms with Crippen molar-refractivity contribution >= 4 is 16.9 Å². The van der Waals surface area contributed by atoms with Gasteiger partial charge in [0, 0.05) is 0 Å². The minimum Gasteiger partial charge on any atom is -0.497 e. The zero-order valence-electron chi connectivity index (χ0n) is 12.6. The summed E-state index contributed by atoms with van der Waals surface area (Å²) >= 11 is 0. The minimum atomic E-state index is -0.661. The second-order valence-electron chi connectivity index (χ2n) is 4.89. The average molecular weight is 310 g/mol. The molecule has 23 heavy (non-hydrogen) atoms. The Balaban J connectivity index is 2.01. The van der Waals surface area contributed by atoms with E-state index in [-0.39, 0.29) is 5.56 Å². The number of fused-ring (bicyclic) bond motifs is 1. The molecule has 6 nitrogen and oxygen atoms in total. The van der Waals surface area contributed by atoms with Crippen LogP contribution in [-0.2, 0) is 0 Å². The van der Waals surface area contributed by atoms with Crippen LogP contribution in [0.4, 0.5) is 0 Å². The number of aryl methyl sites for hydroxylation is 1. The maximum Gasteiger partial charge on any atom is 0.363 e. The summed E-state index contributed by atoms with van der Waals surface area (Å²) in [6.45, 7) is 1.60. The number of ether oxygens (including phenoxy) is 1. The summed E-state index contributed by atoms with van der Waals surface area (Å²) in [6.07, 6.45) is 0. The SMILES string of the molecule is COc1cccc(C(=O)On2c(C)nc3ccccc3c2=O)c1. The number of rotatable bonds is 3. The molecule has 0 aliphatic rings. The Morgan fingerprint density at radius 1 is 1.13 bits per heavy atom. The van der Waals surface area contributed by atoms with Crippen LogP contribution < -0.4 is 15.1 Å². The summed E-state index contributed by atoms with van der Waals surface area (Å²) in [7, 11) is 1.51. The van der Waals surface area contributed by atoms with Gasteiger partial charge in [0.05, 0.1) is 23.6 Å². The van der Waals surface area contributed by atoms with Crippen molar-refractivity contribution in [1.82, 2.24) is 9.71 Å². The lowest BCUT2D eigenvalue weighted by Gasteiger charge is -2.10. The normalized spacial score (nSPS) is 10.5. The Labute approximate surface area is 131 Å². The summed E-state index contributed by atoms with van der Waals surface area (Å²) < 4.78 is 5.98. The van der Waals surface area contributed by atoms with Gasteiger partial charge in [-0.25, -0.2) is 9.78 Å². The highest BCUT2D eigenvalue weighted by Crippen LogP contribution is 2.13. The molecule has 0 atom stereocenters. The van der Waals surface area contributed by atoms with Crippen molar-refractivity contribution in [3.8, 4) is 5.75 Å². The van der Waals surface area contributed by atoms with Gasteiger partial charge in [-0.05, 0) is 37.3 Å². The molecule has 3 aromatic rings. The van der Waals surface area contributed by atoms with E-state index in [1.807, 2.05) is 0 Å². The first kappa shape index (κ1) is 14.8. The number of para-hydroxylation sites is 1. The van der Waals surface area contributed by atoms with Gasteiger partial charge in [0.15, 0.2) is 0 Å². The average Bonchev–Trinajstić information content (AvgIpc) is 2.58. The molecule has 0 unspecified atom stereocenters. The maximum atomic E-state index is 12.5. The molecule has 2 aromatic carbocycles. The molecule has 1 aromatic heterocycles. The summed E-state index contributed by atoms with van der Waals surface area (Å²) in [4.78, 5) is 34.2. The lowest BCUT2D eigenvalue weighted by atomic mass is 10.2. The lowest BCUT2D eigenvalue weighted by Crippen LogP contribution is -2.33. The standard InChI is InChI=1S/C17H14N2O4/c1-11-18-15-9-4-3-8-14(15)16(20)19(11)23-17(21)12-6-5-7-13(10-12)22-2/h3-10H,1-2H3. The Bertz CT molecular complexity index is 947. The third kappa shape index (κ3) is 2.78. The van der Waals surface area contributed by atoms with Crippen LogP contribution in [0.25, 0.3) is 10.9 Å². The van der Waals surface area contributed by atoms with Crippen molar-refractivity contribution < 1.29 is 14.4 Å². The predicted molar refractivity (Wildman–Crippen MR) is 84.6 cm³/mol. The fourth-order valence-electron chi connectivity index (χ4n) is 2.22. The zero-order chi connectivity index (χ0) is 16.4. The number of nitrogens with zero attached hydrogens (tertiary/aromatic N) is 2. The minimum absolute atomic E-state index is 0.281. The van der Waals surface area contributed by atoms with Crippen molar-refractivity contribution in [2.45, 2.75) is 6.92 Å². The van der Waals surface area contributed by atoms with Crippen LogP contribution in [0.1, 0.15) is 16.2 Å². The van der Waals surface area contributed by atoms with E-state index in [2.05, 4.69) is 4.98 Å². The molecule has 0 radical (unpaired) electrons. The van der Waals surface area contributed by atoms with E-state index in [9.17, 15) is 9.59 Å². The Morgan fingerprint density at radius 2 is 1.91 bits per heavy atom. The Hall–Kier alpha value is -3.15. The number of benzene rings is 2. The number of hydrogen-bond acceptors (Lipinski definition) is 5. The number of methoxy groups -OCH3 is 1. The van der Waals surface area contributed by atoms with Gasteiger partial charge in [0.25, 0.3) is 5.56 Å². The molecule has 0 bridgehead atoms. The smallest absolute Gasteiger partial charge is 0.363 e. The van der Waals surface area contributed by atoms with Crippen LogP contribution in [0.15, 0.2) is 53.3 Å². The van der Waals surface area contributed by atoms with E-state index in [1.54, 1.807) is 49.4 Å². The summed E-state index contributed by atoms with van der Waals surface area (Å²) in [5, 5.41) is 0.386. The zero-order valence-corrected chi connectivity index (χ0v) is 12.6. The molecule has 1 heterocycles. The van der Waals surface area contributed by atoms with Crippen molar-refractivity contribution in [3.63, 3.8) is 0 Å². The largest absolute Gasteiger partial charge is 0.497 e. The molecule has 0 saturated carbocycles. The first-order chi connectivity index (χ1) is 11.1. The van der Waals surface area contributed by atoms with Crippen molar-refractivity contribution in [2.24, 2.45) is 0 Å². The fourth-order valence-corrected chi connectivity index (χ4v) is 2.22. The second kappa shape index (κ2) is 5.92. The third-order valence-corrected chi connectivity index (χ3v) is 3.37. The van der Waals surface area contributed by atoms with Gasteiger partial charge in [0.1, 0.15) is 11.6 Å². The number of carbonyl (C=O) groups is 1. The Morgan fingerprint density at radius 3 is 2.70 bits per heavy atom. The van der Waals surface area contributed by atoms with Crippen molar-refractivity contribution in [2.75, 3.05) is 7.11 Å². The molecule has 0 spiro atoms. The highest BCUT2D eigenvalue weighted by Gasteiger charge is 2.14. The van der Waals surface area contributed by atoms with Crippen molar-refractivity contribution in [3.05, 3.63) is 70.3 Å². The third-order valence-electron chi connectivity index (χ3n) is 3.37. The second-order valence-corrected chi connectivity index (χ2v) is 4.89. The molecule has 0 N–H and O–H groups in total. The molecule has 3 rings (SSSR count). The van der Waals surface area contributed by atoms with Crippen molar-refractivity contribution in [1.29, 1.82) is 0 Å². The van der Waals surface area contributed by atoms with E-state index in [4.69, 9.17) is 9.57 Å². The van der Waals surface area contributed by atoms with E-state index in [1.165, 1.54) is 13.2 Å². The molecule has 0 amide bonds. The molecule has 0 aliphatic heterocycles. The van der Waals surface area contributed by atoms with E-state index >= 15 is 0 Å². The molecule has 6 heteroatoms. The van der Waals surface area contributed by atoms with E-state index < -0.39 is 11.5 Å². The molecule has 0 aliphatic carbocycles. The van der Waals surface area contributed by atoms with Crippen LogP contribution >= 0.6 is 0 Å². The Kier molecular flexibility index (Phi) is 3.80. The van der Waals surface area contributed by atoms with E-state index in [0.29, 0.717) is 22.5 Å². The molecular formula is C17H14N2O4. The maximum absolute atomic E-state index is 12.5. The van der Waals surface area contributed by atoms with Gasteiger partial charge in [-0.1, -0.05) is 18.2 Å². The predicted octanol–water partition coefficient (Wildman–Crippen LogP) is 1.98. The van der Waals surface area contributed by atoms with E-state index in [0.717, 1.165) is 4.73 Å². The molecule has 0 saturated heterocycles. The van der Waals surface area contributed by atoms with Crippen LogP contribution in [0.2, 0.25) is 0 Å². The topological polar surface area (TPSA) is 70.4 Å². The number of aromatic nitrogens is 2. The quantitative estimate of drug-likeness (QED) is 0.740. The van der Waals surface area contributed by atoms with Crippen LogP contribution in [-0.4, -0.2) is 22.8 Å². The van der Waals surface area contributed by atoms with Gasteiger partial charge in [-0.15, -0.1) is 4.73 Å². The van der Waals surface area contributed by atoms with Gasteiger partial charge in [-0.3, -0.25) is 4.79 Å². The van der Waals surface area contributed by atoms with Gasteiger partial charge in [0.2, 0.25) is 0 Å². The highest BCUT2D eigenvalue weighted by molar-refractivity contribution is 5.90.